The van der Waals surface area contributed by atoms with E-state index in [-0.39, 0.29) is 5.54 Å². The van der Waals surface area contributed by atoms with Crippen LogP contribution in [-0.4, -0.2) is 0 Å². The van der Waals surface area contributed by atoms with E-state index in [1.54, 1.807) is 0 Å². The predicted octanol–water partition coefficient (Wildman–Crippen LogP) is 5.70. The predicted molar refractivity (Wildman–Crippen MR) is 89.9 cm³/mol. The Morgan fingerprint density at radius 1 is 0.850 bits per heavy atom. The molecule has 1 unspecified atom stereocenters. The smallest absolute Gasteiger partial charge is 0.0381 e. The maximum Gasteiger partial charge on any atom is 0.0381 e. The van der Waals surface area contributed by atoms with E-state index in [0.29, 0.717) is 0 Å². The van der Waals surface area contributed by atoms with Crippen molar-refractivity contribution in [3.8, 4) is 0 Å². The topological polar surface area (TPSA) is 26.0 Å². The quantitative estimate of drug-likeness (QED) is 0.545. The van der Waals surface area contributed by atoms with Crippen LogP contribution in [0.25, 0.3) is 0 Å². The lowest BCUT2D eigenvalue weighted by Gasteiger charge is -2.25. The van der Waals surface area contributed by atoms with E-state index in [0.717, 1.165) is 6.42 Å². The van der Waals surface area contributed by atoms with E-state index in [9.17, 15) is 0 Å². The van der Waals surface area contributed by atoms with Crippen molar-refractivity contribution in [1.82, 2.24) is 0 Å². The highest BCUT2D eigenvalue weighted by atomic mass is 14.7. The Hall–Kier alpha value is -0.820. The van der Waals surface area contributed by atoms with Crippen LogP contribution in [0.3, 0.4) is 0 Å². The summed E-state index contributed by atoms with van der Waals surface area (Å²) in [6.07, 6.45) is 12.0. The minimum atomic E-state index is -0.171. The summed E-state index contributed by atoms with van der Waals surface area (Å²) in [5, 5.41) is 0. The van der Waals surface area contributed by atoms with Gasteiger partial charge in [-0.3, -0.25) is 0 Å². The van der Waals surface area contributed by atoms with Gasteiger partial charge in [0, 0.05) is 5.54 Å². The molecule has 1 heteroatoms. The Morgan fingerprint density at radius 2 is 1.35 bits per heavy atom. The first kappa shape index (κ1) is 17.2. The molecule has 0 aliphatic rings. The largest absolute Gasteiger partial charge is 0.322 e. The van der Waals surface area contributed by atoms with E-state index >= 15 is 0 Å². The Morgan fingerprint density at radius 3 is 1.90 bits per heavy atom. The average Bonchev–Trinajstić information content (AvgIpc) is 2.42. The highest BCUT2D eigenvalue weighted by Gasteiger charge is 2.19. The lowest BCUT2D eigenvalue weighted by molar-refractivity contribution is 0.420. The van der Waals surface area contributed by atoms with Crippen LogP contribution in [0.15, 0.2) is 24.3 Å². The molecular weight excluding hydrogens is 242 g/mol. The van der Waals surface area contributed by atoms with Gasteiger partial charge in [-0.1, -0.05) is 88.1 Å². The molecule has 0 aliphatic carbocycles. The first-order valence-corrected chi connectivity index (χ1v) is 8.42. The molecule has 2 N–H and O–H groups in total. The standard InChI is InChI=1S/C19H33N/c1-4-5-6-7-8-9-10-11-16-19(3,20)18-14-12-17(2)13-15-18/h12-15H,4-11,16,20H2,1-3H3. The van der Waals surface area contributed by atoms with Crippen molar-refractivity contribution < 1.29 is 0 Å². The van der Waals surface area contributed by atoms with Crippen molar-refractivity contribution >= 4 is 0 Å². The molecule has 114 valence electrons. The van der Waals surface area contributed by atoms with Gasteiger partial charge in [0.1, 0.15) is 0 Å². The van der Waals surface area contributed by atoms with Gasteiger partial charge in [-0.25, -0.2) is 0 Å². The molecule has 0 amide bonds. The van der Waals surface area contributed by atoms with Gasteiger partial charge in [-0.15, -0.1) is 0 Å². The summed E-state index contributed by atoms with van der Waals surface area (Å²) >= 11 is 0. The SMILES string of the molecule is CCCCCCCCCCC(C)(N)c1ccc(C)cc1. The zero-order valence-corrected chi connectivity index (χ0v) is 13.8. The highest BCUT2D eigenvalue weighted by molar-refractivity contribution is 5.26. The third kappa shape index (κ3) is 6.56. The van der Waals surface area contributed by atoms with Crippen molar-refractivity contribution in [2.45, 2.75) is 84.1 Å². The molecule has 1 rings (SSSR count). The summed E-state index contributed by atoms with van der Waals surface area (Å²) in [7, 11) is 0. The van der Waals surface area contributed by atoms with E-state index in [4.69, 9.17) is 5.73 Å². The van der Waals surface area contributed by atoms with Gasteiger partial charge in [0.05, 0.1) is 0 Å². The summed E-state index contributed by atoms with van der Waals surface area (Å²) < 4.78 is 0. The third-order valence-corrected chi connectivity index (χ3v) is 4.26. The number of hydrogen-bond acceptors (Lipinski definition) is 1. The number of hydrogen-bond donors (Lipinski definition) is 1. The van der Waals surface area contributed by atoms with E-state index in [2.05, 4.69) is 45.0 Å². The van der Waals surface area contributed by atoms with Crippen LogP contribution < -0.4 is 5.73 Å². The number of nitrogens with two attached hydrogens (primary N) is 1. The second-order valence-corrected chi connectivity index (χ2v) is 6.51. The first-order chi connectivity index (χ1) is 9.56. The molecule has 0 bridgehead atoms. The van der Waals surface area contributed by atoms with Gasteiger partial charge in [-0.05, 0) is 25.8 Å². The summed E-state index contributed by atoms with van der Waals surface area (Å²) in [5.74, 6) is 0. The fourth-order valence-corrected chi connectivity index (χ4v) is 2.70. The lowest BCUT2D eigenvalue weighted by atomic mass is 9.87. The lowest BCUT2D eigenvalue weighted by Crippen LogP contribution is -2.32. The van der Waals surface area contributed by atoms with Crippen LogP contribution in [0.2, 0.25) is 0 Å². The second-order valence-electron chi connectivity index (χ2n) is 6.51. The number of benzene rings is 1. The van der Waals surface area contributed by atoms with Gasteiger partial charge >= 0.3 is 0 Å². The van der Waals surface area contributed by atoms with Crippen LogP contribution in [0.4, 0.5) is 0 Å². The Labute approximate surface area is 126 Å². The van der Waals surface area contributed by atoms with Gasteiger partial charge in [0.2, 0.25) is 0 Å². The molecule has 1 nitrogen and oxygen atoms in total. The van der Waals surface area contributed by atoms with Gasteiger partial charge in [-0.2, -0.15) is 0 Å². The maximum atomic E-state index is 6.47. The summed E-state index contributed by atoms with van der Waals surface area (Å²) in [4.78, 5) is 0. The average molecular weight is 275 g/mol. The van der Waals surface area contributed by atoms with Crippen molar-refractivity contribution in [2.24, 2.45) is 5.73 Å². The van der Waals surface area contributed by atoms with E-state index in [1.807, 2.05) is 0 Å². The maximum absolute atomic E-state index is 6.47. The zero-order valence-electron chi connectivity index (χ0n) is 13.8. The molecule has 0 saturated heterocycles. The molecule has 1 atom stereocenters. The molecular formula is C19H33N. The van der Waals surface area contributed by atoms with Crippen molar-refractivity contribution in [2.75, 3.05) is 0 Å². The monoisotopic (exact) mass is 275 g/mol. The molecule has 0 fully saturated rings. The van der Waals surface area contributed by atoms with Crippen LogP contribution in [-0.2, 0) is 5.54 Å². The number of unbranched alkanes of at least 4 members (excludes halogenated alkanes) is 7. The van der Waals surface area contributed by atoms with Crippen LogP contribution in [0.1, 0.15) is 82.8 Å². The minimum absolute atomic E-state index is 0.171. The van der Waals surface area contributed by atoms with Crippen molar-refractivity contribution in [3.63, 3.8) is 0 Å². The molecule has 0 spiro atoms. The Balaban J connectivity index is 2.18. The molecule has 1 aromatic rings. The third-order valence-electron chi connectivity index (χ3n) is 4.26. The van der Waals surface area contributed by atoms with Gasteiger partial charge in [0.15, 0.2) is 0 Å². The van der Waals surface area contributed by atoms with Crippen molar-refractivity contribution in [1.29, 1.82) is 0 Å². The first-order valence-electron chi connectivity index (χ1n) is 8.42. The van der Waals surface area contributed by atoms with Gasteiger partial charge in [0.25, 0.3) is 0 Å². The molecule has 0 heterocycles. The second kappa shape index (κ2) is 9.18. The van der Waals surface area contributed by atoms with Crippen LogP contribution in [0, 0.1) is 6.92 Å². The van der Waals surface area contributed by atoms with Gasteiger partial charge < -0.3 is 5.73 Å². The number of rotatable bonds is 10. The molecule has 20 heavy (non-hydrogen) atoms. The van der Waals surface area contributed by atoms with Crippen LogP contribution in [0.5, 0.6) is 0 Å². The van der Waals surface area contributed by atoms with E-state index in [1.165, 1.54) is 62.5 Å². The summed E-state index contributed by atoms with van der Waals surface area (Å²) in [5.41, 5.74) is 8.87. The molecule has 0 radical (unpaired) electrons. The Kier molecular flexibility index (Phi) is 7.91. The van der Waals surface area contributed by atoms with Crippen LogP contribution >= 0.6 is 0 Å². The highest BCUT2D eigenvalue weighted by Crippen LogP contribution is 2.25. The van der Waals surface area contributed by atoms with Crippen molar-refractivity contribution in [3.05, 3.63) is 35.4 Å². The molecule has 1 aromatic carbocycles. The Bertz CT molecular complexity index is 351. The zero-order chi connectivity index (χ0) is 14.8. The fraction of sp³-hybridized carbons (Fsp3) is 0.684. The summed E-state index contributed by atoms with van der Waals surface area (Å²) in [6.45, 7) is 6.56. The molecule has 0 aliphatic heterocycles. The molecule has 0 aromatic heterocycles. The fourth-order valence-electron chi connectivity index (χ4n) is 2.70. The number of aryl methyl sites for hydroxylation is 1. The normalized spacial score (nSPS) is 14.2. The summed E-state index contributed by atoms with van der Waals surface area (Å²) in [6, 6.07) is 8.68. The molecule has 0 saturated carbocycles. The van der Waals surface area contributed by atoms with E-state index < -0.39 is 0 Å². The minimum Gasteiger partial charge on any atom is -0.322 e.